The molecule has 74 valence electrons. The van der Waals surface area contributed by atoms with Crippen LogP contribution in [0, 0.1) is 0 Å². The molecule has 1 aliphatic heterocycles. The molecule has 2 rings (SSSR count). The molecule has 0 unspecified atom stereocenters. The molecule has 0 aliphatic carbocycles. The predicted molar refractivity (Wildman–Crippen MR) is 57.4 cm³/mol. The third kappa shape index (κ3) is 1.96. The monoisotopic (exact) mass is 210 g/mol. The summed E-state index contributed by atoms with van der Waals surface area (Å²) >= 11 is 5.79. The maximum Gasteiger partial charge on any atom is 0.223 e. The highest BCUT2D eigenvalue weighted by Crippen LogP contribution is 2.18. The number of nitrogens with two attached hydrogens (primary N) is 1. The Labute approximate surface area is 87.4 Å². The molecule has 1 aromatic rings. The Morgan fingerprint density at radius 2 is 2.21 bits per heavy atom. The molecule has 0 spiro atoms. The molecule has 0 aromatic carbocycles. The van der Waals surface area contributed by atoms with Gasteiger partial charge in [0.05, 0.1) is 0 Å². The summed E-state index contributed by atoms with van der Waals surface area (Å²) in [6.07, 6.45) is 5.29. The smallest absolute Gasteiger partial charge is 0.223 e. The number of hydrogen-bond donors (Lipinski definition) is 1. The minimum absolute atomic E-state index is 0.224. The zero-order valence-corrected chi connectivity index (χ0v) is 8.41. The van der Waals surface area contributed by atoms with Crippen molar-refractivity contribution in [1.29, 1.82) is 0 Å². The van der Waals surface area contributed by atoms with Gasteiger partial charge in [-0.15, -0.1) is 0 Å². The molecule has 0 saturated heterocycles. The van der Waals surface area contributed by atoms with Crippen LogP contribution in [0.15, 0.2) is 18.2 Å². The molecule has 4 nitrogen and oxygen atoms in total. The van der Waals surface area contributed by atoms with E-state index in [2.05, 4.69) is 27.0 Å². The van der Waals surface area contributed by atoms with Crippen molar-refractivity contribution in [3.63, 3.8) is 0 Å². The highest BCUT2D eigenvalue weighted by molar-refractivity contribution is 6.29. The summed E-state index contributed by atoms with van der Waals surface area (Å²) in [6, 6.07) is 1.73. The standard InChI is InChI=1S/C9H11ClN4/c10-7-6-8(13-9(11)12-7)14-4-2-1-3-5-14/h1-2,6H,3-5H2,(H2,11,12,13). The Morgan fingerprint density at radius 1 is 1.36 bits per heavy atom. The van der Waals surface area contributed by atoms with Crippen LogP contribution in [0.3, 0.4) is 0 Å². The molecule has 14 heavy (non-hydrogen) atoms. The van der Waals surface area contributed by atoms with Gasteiger partial charge in [-0.05, 0) is 6.42 Å². The van der Waals surface area contributed by atoms with Gasteiger partial charge in [0.25, 0.3) is 0 Å². The van der Waals surface area contributed by atoms with Gasteiger partial charge in [-0.25, -0.2) is 4.98 Å². The van der Waals surface area contributed by atoms with E-state index in [1.54, 1.807) is 6.07 Å². The summed E-state index contributed by atoms with van der Waals surface area (Å²) < 4.78 is 0. The first-order valence-electron chi connectivity index (χ1n) is 4.46. The van der Waals surface area contributed by atoms with Crippen molar-refractivity contribution in [3.8, 4) is 0 Å². The van der Waals surface area contributed by atoms with Gasteiger partial charge >= 0.3 is 0 Å². The van der Waals surface area contributed by atoms with Crippen molar-refractivity contribution in [2.24, 2.45) is 0 Å². The van der Waals surface area contributed by atoms with Gasteiger partial charge in [-0.2, -0.15) is 4.98 Å². The van der Waals surface area contributed by atoms with Crippen LogP contribution in [-0.2, 0) is 0 Å². The van der Waals surface area contributed by atoms with Crippen LogP contribution < -0.4 is 10.6 Å². The SMILES string of the molecule is Nc1nc(Cl)cc(N2CC=CCC2)n1. The van der Waals surface area contributed by atoms with Crippen molar-refractivity contribution in [3.05, 3.63) is 23.4 Å². The predicted octanol–water partition coefficient (Wildman–Crippen LogP) is 1.48. The second-order valence-electron chi connectivity index (χ2n) is 3.11. The van der Waals surface area contributed by atoms with Crippen LogP contribution in [0.25, 0.3) is 0 Å². The van der Waals surface area contributed by atoms with Gasteiger partial charge in [-0.3, -0.25) is 0 Å². The lowest BCUT2D eigenvalue weighted by Crippen LogP contribution is -2.27. The van der Waals surface area contributed by atoms with E-state index in [4.69, 9.17) is 17.3 Å². The molecule has 0 radical (unpaired) electrons. The molecule has 0 bridgehead atoms. The van der Waals surface area contributed by atoms with Gasteiger partial charge in [0.2, 0.25) is 5.95 Å². The zero-order chi connectivity index (χ0) is 9.97. The van der Waals surface area contributed by atoms with Gasteiger partial charge in [0, 0.05) is 19.2 Å². The van der Waals surface area contributed by atoms with Crippen molar-refractivity contribution in [2.75, 3.05) is 23.7 Å². The maximum absolute atomic E-state index is 5.79. The van der Waals surface area contributed by atoms with E-state index in [1.807, 2.05) is 0 Å². The van der Waals surface area contributed by atoms with Crippen LogP contribution in [0.2, 0.25) is 5.15 Å². The summed E-state index contributed by atoms with van der Waals surface area (Å²) in [5.41, 5.74) is 5.51. The lowest BCUT2D eigenvalue weighted by atomic mass is 10.2. The molecular formula is C9H11ClN4. The molecular weight excluding hydrogens is 200 g/mol. The van der Waals surface area contributed by atoms with E-state index in [0.717, 1.165) is 25.3 Å². The van der Waals surface area contributed by atoms with Crippen molar-refractivity contribution in [2.45, 2.75) is 6.42 Å². The van der Waals surface area contributed by atoms with E-state index in [-0.39, 0.29) is 5.95 Å². The second kappa shape index (κ2) is 3.84. The lowest BCUT2D eigenvalue weighted by molar-refractivity contribution is 0.804. The number of nitrogen functional groups attached to an aromatic ring is 1. The Morgan fingerprint density at radius 3 is 2.86 bits per heavy atom. The van der Waals surface area contributed by atoms with Crippen LogP contribution in [-0.4, -0.2) is 23.1 Å². The molecule has 0 amide bonds. The van der Waals surface area contributed by atoms with Crippen molar-refractivity contribution in [1.82, 2.24) is 9.97 Å². The summed E-state index contributed by atoms with van der Waals surface area (Å²) in [4.78, 5) is 10.1. The quantitative estimate of drug-likeness (QED) is 0.564. The minimum Gasteiger partial charge on any atom is -0.368 e. The third-order valence-corrected chi connectivity index (χ3v) is 2.27. The maximum atomic E-state index is 5.79. The first kappa shape index (κ1) is 9.27. The highest BCUT2D eigenvalue weighted by atomic mass is 35.5. The number of halogens is 1. The average molecular weight is 211 g/mol. The van der Waals surface area contributed by atoms with Gasteiger partial charge < -0.3 is 10.6 Å². The third-order valence-electron chi connectivity index (χ3n) is 2.08. The number of nitrogens with zero attached hydrogens (tertiary/aromatic N) is 3. The molecule has 2 heterocycles. The van der Waals surface area contributed by atoms with Gasteiger partial charge in [0.1, 0.15) is 11.0 Å². The number of rotatable bonds is 1. The van der Waals surface area contributed by atoms with E-state index in [9.17, 15) is 0 Å². The highest BCUT2D eigenvalue weighted by Gasteiger charge is 2.10. The fourth-order valence-electron chi connectivity index (χ4n) is 1.43. The molecule has 1 aliphatic rings. The summed E-state index contributed by atoms with van der Waals surface area (Å²) in [5.74, 6) is 1.02. The topological polar surface area (TPSA) is 55.0 Å². The van der Waals surface area contributed by atoms with Crippen LogP contribution in [0.4, 0.5) is 11.8 Å². The Balaban J connectivity index is 2.26. The fraction of sp³-hybridized carbons (Fsp3) is 0.333. The van der Waals surface area contributed by atoms with Crippen LogP contribution in [0.5, 0.6) is 0 Å². The zero-order valence-electron chi connectivity index (χ0n) is 7.65. The molecule has 5 heteroatoms. The summed E-state index contributed by atoms with van der Waals surface area (Å²) in [6.45, 7) is 1.80. The number of hydrogen-bond acceptors (Lipinski definition) is 4. The van der Waals surface area contributed by atoms with E-state index >= 15 is 0 Å². The average Bonchev–Trinajstić information content (AvgIpc) is 2.18. The Hall–Kier alpha value is -1.29. The Bertz CT molecular complexity index is 344. The molecule has 0 saturated carbocycles. The second-order valence-corrected chi connectivity index (χ2v) is 3.50. The minimum atomic E-state index is 0.224. The van der Waals surface area contributed by atoms with Crippen LogP contribution in [0.1, 0.15) is 6.42 Å². The fourth-order valence-corrected chi connectivity index (χ4v) is 1.62. The molecule has 0 fully saturated rings. The normalized spacial score (nSPS) is 15.9. The molecule has 0 atom stereocenters. The number of aromatic nitrogens is 2. The van der Waals surface area contributed by atoms with Gasteiger partial charge in [-0.1, -0.05) is 23.8 Å². The van der Waals surface area contributed by atoms with E-state index < -0.39 is 0 Å². The number of anilines is 2. The summed E-state index contributed by atoms with van der Waals surface area (Å²) in [5, 5.41) is 0.391. The van der Waals surface area contributed by atoms with E-state index in [0.29, 0.717) is 5.15 Å². The largest absolute Gasteiger partial charge is 0.368 e. The Kier molecular flexibility index (Phi) is 2.54. The van der Waals surface area contributed by atoms with Crippen LogP contribution >= 0.6 is 11.6 Å². The molecule has 1 aromatic heterocycles. The summed E-state index contributed by atoms with van der Waals surface area (Å²) in [7, 11) is 0. The van der Waals surface area contributed by atoms with Crippen molar-refractivity contribution < 1.29 is 0 Å². The first-order valence-corrected chi connectivity index (χ1v) is 4.83. The van der Waals surface area contributed by atoms with Crippen molar-refractivity contribution >= 4 is 23.4 Å². The lowest BCUT2D eigenvalue weighted by Gasteiger charge is -2.24. The first-order chi connectivity index (χ1) is 6.75. The molecule has 2 N–H and O–H groups in total. The van der Waals surface area contributed by atoms with E-state index in [1.165, 1.54) is 0 Å². The van der Waals surface area contributed by atoms with Gasteiger partial charge in [0.15, 0.2) is 0 Å².